The molecule has 0 saturated carbocycles. The van der Waals surface area contributed by atoms with Gasteiger partial charge in [0.05, 0.1) is 12.5 Å². The number of carbonyl (C=O) groups is 2. The van der Waals surface area contributed by atoms with Crippen LogP contribution in [0, 0.1) is 0 Å². The molecule has 0 aromatic heterocycles. The van der Waals surface area contributed by atoms with Gasteiger partial charge in [-0.25, -0.2) is 0 Å². The zero-order valence-electron chi connectivity index (χ0n) is 10.8. The summed E-state index contributed by atoms with van der Waals surface area (Å²) in [5.41, 5.74) is -0.445. The lowest BCUT2D eigenvalue weighted by atomic mass is 10.1. The largest absolute Gasteiger partial charge is 0.460 e. The molecule has 0 bridgehead atoms. The third-order valence-corrected chi connectivity index (χ3v) is 2.43. The van der Waals surface area contributed by atoms with E-state index in [2.05, 4.69) is 10.6 Å². The topological polar surface area (TPSA) is 67.4 Å². The number of rotatable bonds is 4. The van der Waals surface area contributed by atoms with Crippen molar-refractivity contribution >= 4 is 11.9 Å². The summed E-state index contributed by atoms with van der Waals surface area (Å²) in [4.78, 5) is 22.8. The summed E-state index contributed by atoms with van der Waals surface area (Å²) in [7, 11) is 0. The number of carbonyl (C=O) groups excluding carboxylic acids is 2. The van der Waals surface area contributed by atoms with Crippen LogP contribution >= 0.6 is 0 Å². The van der Waals surface area contributed by atoms with Crippen molar-refractivity contribution in [3.63, 3.8) is 0 Å². The van der Waals surface area contributed by atoms with Gasteiger partial charge in [-0.15, -0.1) is 0 Å². The molecule has 0 aliphatic carbocycles. The third-order valence-electron chi connectivity index (χ3n) is 2.43. The SMILES string of the molecule is CC(C)(C)OC(=O)CCNC1CCCNC1=O. The fraction of sp³-hybridized carbons (Fsp3) is 0.833. The molecule has 2 N–H and O–H groups in total. The van der Waals surface area contributed by atoms with Crippen molar-refractivity contribution < 1.29 is 14.3 Å². The lowest BCUT2D eigenvalue weighted by molar-refractivity contribution is -0.154. The van der Waals surface area contributed by atoms with Gasteiger partial charge in [0.2, 0.25) is 5.91 Å². The Morgan fingerprint density at radius 3 is 2.82 bits per heavy atom. The maximum atomic E-state index is 11.4. The van der Waals surface area contributed by atoms with Crippen LogP contribution in [-0.2, 0) is 14.3 Å². The van der Waals surface area contributed by atoms with E-state index in [-0.39, 0.29) is 17.9 Å². The molecule has 1 unspecified atom stereocenters. The van der Waals surface area contributed by atoms with Gasteiger partial charge in [-0.05, 0) is 33.6 Å². The summed E-state index contributed by atoms with van der Waals surface area (Å²) in [5, 5.41) is 5.87. The van der Waals surface area contributed by atoms with E-state index in [1.54, 1.807) is 0 Å². The number of hydrogen-bond donors (Lipinski definition) is 2. The van der Waals surface area contributed by atoms with Crippen molar-refractivity contribution in [2.75, 3.05) is 13.1 Å². The van der Waals surface area contributed by atoms with E-state index in [4.69, 9.17) is 4.74 Å². The van der Waals surface area contributed by atoms with Gasteiger partial charge >= 0.3 is 5.97 Å². The minimum Gasteiger partial charge on any atom is -0.460 e. The summed E-state index contributed by atoms with van der Waals surface area (Å²) >= 11 is 0. The number of ether oxygens (including phenoxy) is 1. The highest BCUT2D eigenvalue weighted by atomic mass is 16.6. The first kappa shape index (κ1) is 14.0. The Labute approximate surface area is 102 Å². The van der Waals surface area contributed by atoms with Gasteiger partial charge in [-0.1, -0.05) is 0 Å². The molecule has 1 fully saturated rings. The number of nitrogens with one attached hydrogen (secondary N) is 2. The average Bonchev–Trinajstić information content (AvgIpc) is 2.18. The van der Waals surface area contributed by atoms with E-state index < -0.39 is 5.60 Å². The quantitative estimate of drug-likeness (QED) is 0.708. The summed E-state index contributed by atoms with van der Waals surface area (Å²) < 4.78 is 5.17. The second-order valence-electron chi connectivity index (χ2n) is 5.28. The monoisotopic (exact) mass is 242 g/mol. The lowest BCUT2D eigenvalue weighted by Gasteiger charge is -2.23. The molecule has 1 heterocycles. The molecule has 5 nitrogen and oxygen atoms in total. The van der Waals surface area contributed by atoms with E-state index >= 15 is 0 Å². The van der Waals surface area contributed by atoms with Gasteiger partial charge < -0.3 is 15.4 Å². The van der Waals surface area contributed by atoms with Crippen molar-refractivity contribution in [3.05, 3.63) is 0 Å². The molecular formula is C12H22N2O3. The molecule has 1 atom stereocenters. The summed E-state index contributed by atoms with van der Waals surface area (Å²) in [5.74, 6) is -0.207. The van der Waals surface area contributed by atoms with Crippen LogP contribution in [0.5, 0.6) is 0 Å². The molecule has 1 saturated heterocycles. The summed E-state index contributed by atoms with van der Waals surface area (Å²) in [6.07, 6.45) is 2.11. The van der Waals surface area contributed by atoms with Gasteiger partial charge in [-0.2, -0.15) is 0 Å². The molecule has 1 aliphatic heterocycles. The van der Waals surface area contributed by atoms with Crippen LogP contribution in [0.4, 0.5) is 0 Å². The van der Waals surface area contributed by atoms with Gasteiger partial charge in [0, 0.05) is 13.1 Å². The second kappa shape index (κ2) is 6.00. The van der Waals surface area contributed by atoms with Crippen LogP contribution in [-0.4, -0.2) is 36.6 Å². The van der Waals surface area contributed by atoms with E-state index in [0.29, 0.717) is 13.0 Å². The molecule has 0 aromatic rings. The predicted octanol–water partition coefficient (Wildman–Crippen LogP) is 0.586. The predicted molar refractivity (Wildman–Crippen MR) is 64.5 cm³/mol. The van der Waals surface area contributed by atoms with Crippen molar-refractivity contribution in [1.82, 2.24) is 10.6 Å². The van der Waals surface area contributed by atoms with Gasteiger partial charge in [0.25, 0.3) is 0 Å². The van der Waals surface area contributed by atoms with Crippen LogP contribution in [0.2, 0.25) is 0 Å². The molecule has 5 heteroatoms. The molecule has 1 rings (SSSR count). The van der Waals surface area contributed by atoms with E-state index in [1.165, 1.54) is 0 Å². The highest BCUT2D eigenvalue weighted by Crippen LogP contribution is 2.08. The molecule has 0 spiro atoms. The number of piperidine rings is 1. The van der Waals surface area contributed by atoms with Crippen molar-refractivity contribution in [3.8, 4) is 0 Å². The molecule has 0 radical (unpaired) electrons. The van der Waals surface area contributed by atoms with E-state index in [9.17, 15) is 9.59 Å². The van der Waals surface area contributed by atoms with E-state index in [0.717, 1.165) is 19.4 Å². The summed E-state index contributed by atoms with van der Waals surface area (Å²) in [6.45, 7) is 6.75. The molecule has 1 aliphatic rings. The highest BCUT2D eigenvalue weighted by molar-refractivity contribution is 5.82. The van der Waals surface area contributed by atoms with Crippen LogP contribution in [0.1, 0.15) is 40.0 Å². The Balaban J connectivity index is 2.19. The fourth-order valence-electron chi connectivity index (χ4n) is 1.71. The first-order chi connectivity index (χ1) is 7.88. The van der Waals surface area contributed by atoms with E-state index in [1.807, 2.05) is 20.8 Å². The number of esters is 1. The number of hydrogen-bond acceptors (Lipinski definition) is 4. The number of amides is 1. The van der Waals surface area contributed by atoms with Crippen molar-refractivity contribution in [1.29, 1.82) is 0 Å². The van der Waals surface area contributed by atoms with Crippen LogP contribution < -0.4 is 10.6 Å². The van der Waals surface area contributed by atoms with Crippen LogP contribution in [0.15, 0.2) is 0 Å². The maximum Gasteiger partial charge on any atom is 0.307 e. The van der Waals surface area contributed by atoms with Crippen molar-refractivity contribution in [2.45, 2.75) is 51.7 Å². The standard InChI is InChI=1S/C12H22N2O3/c1-12(2,3)17-10(15)6-8-13-9-5-4-7-14-11(9)16/h9,13H,4-8H2,1-3H3,(H,14,16). The molecule has 98 valence electrons. The summed E-state index contributed by atoms with van der Waals surface area (Å²) in [6, 6.07) is -0.161. The lowest BCUT2D eigenvalue weighted by Crippen LogP contribution is -2.48. The molecular weight excluding hydrogens is 220 g/mol. The van der Waals surface area contributed by atoms with Gasteiger partial charge in [0.1, 0.15) is 5.60 Å². The highest BCUT2D eigenvalue weighted by Gasteiger charge is 2.22. The second-order valence-corrected chi connectivity index (χ2v) is 5.28. The van der Waals surface area contributed by atoms with Gasteiger partial charge in [-0.3, -0.25) is 9.59 Å². The minimum absolute atomic E-state index is 0.0282. The van der Waals surface area contributed by atoms with Gasteiger partial charge in [0.15, 0.2) is 0 Å². The molecule has 1 amide bonds. The molecule has 17 heavy (non-hydrogen) atoms. The normalized spacial score (nSPS) is 20.9. The molecule has 0 aromatic carbocycles. The fourth-order valence-corrected chi connectivity index (χ4v) is 1.71. The zero-order valence-corrected chi connectivity index (χ0v) is 10.8. The van der Waals surface area contributed by atoms with Crippen LogP contribution in [0.25, 0.3) is 0 Å². The Morgan fingerprint density at radius 1 is 1.53 bits per heavy atom. The Bertz CT molecular complexity index is 284. The average molecular weight is 242 g/mol. The Morgan fingerprint density at radius 2 is 2.24 bits per heavy atom. The zero-order chi connectivity index (χ0) is 12.9. The van der Waals surface area contributed by atoms with Crippen LogP contribution in [0.3, 0.4) is 0 Å². The Kier molecular flexibility index (Phi) is 4.93. The smallest absolute Gasteiger partial charge is 0.307 e. The maximum absolute atomic E-state index is 11.4. The Hall–Kier alpha value is -1.10. The van der Waals surface area contributed by atoms with Crippen molar-refractivity contribution in [2.24, 2.45) is 0 Å². The first-order valence-corrected chi connectivity index (χ1v) is 6.11. The minimum atomic E-state index is -0.445. The first-order valence-electron chi connectivity index (χ1n) is 6.11. The third kappa shape index (κ3) is 5.68.